The fourth-order valence-corrected chi connectivity index (χ4v) is 2.87. The fraction of sp³-hybridized carbons (Fsp3) is 0.529. The highest BCUT2D eigenvalue weighted by Crippen LogP contribution is 2.34. The van der Waals surface area contributed by atoms with Gasteiger partial charge in [0.05, 0.1) is 11.1 Å². The molecule has 0 spiro atoms. The second kappa shape index (κ2) is 5.63. The standard InChI is InChI=1S/C17H22N2O3/c1-17(2)10-22-14-9-12(7-8-13(14)19-16(17)21)18-15(20)11-5-3-4-6-11/h7-9,11H,3-6,10H2,1-2H3,(H,18,20)(H,19,21). The summed E-state index contributed by atoms with van der Waals surface area (Å²) in [5.74, 6) is 0.742. The van der Waals surface area contributed by atoms with Crippen LogP contribution in [0.2, 0.25) is 0 Å². The summed E-state index contributed by atoms with van der Waals surface area (Å²) in [4.78, 5) is 24.3. The number of carbonyl (C=O) groups is 2. The molecular weight excluding hydrogens is 280 g/mol. The Morgan fingerprint density at radius 1 is 1.32 bits per heavy atom. The van der Waals surface area contributed by atoms with Crippen molar-refractivity contribution in [3.8, 4) is 5.75 Å². The molecule has 2 aliphatic rings. The summed E-state index contributed by atoms with van der Waals surface area (Å²) < 4.78 is 5.75. The van der Waals surface area contributed by atoms with Crippen LogP contribution < -0.4 is 15.4 Å². The number of rotatable bonds is 2. The number of ether oxygens (including phenoxy) is 1. The Hall–Kier alpha value is -2.04. The predicted octanol–water partition coefficient (Wildman–Crippen LogP) is 3.17. The van der Waals surface area contributed by atoms with Crippen molar-refractivity contribution in [3.63, 3.8) is 0 Å². The molecule has 3 rings (SSSR count). The van der Waals surface area contributed by atoms with Crippen LogP contribution in [0.1, 0.15) is 39.5 Å². The second-order valence-corrected chi connectivity index (χ2v) is 6.81. The zero-order chi connectivity index (χ0) is 15.7. The summed E-state index contributed by atoms with van der Waals surface area (Å²) in [6.45, 7) is 4.00. The van der Waals surface area contributed by atoms with Crippen LogP contribution >= 0.6 is 0 Å². The van der Waals surface area contributed by atoms with Gasteiger partial charge in [-0.15, -0.1) is 0 Å². The molecule has 1 aromatic rings. The second-order valence-electron chi connectivity index (χ2n) is 6.81. The van der Waals surface area contributed by atoms with Crippen LogP contribution in [-0.2, 0) is 9.59 Å². The lowest BCUT2D eigenvalue weighted by Crippen LogP contribution is -2.33. The monoisotopic (exact) mass is 302 g/mol. The highest BCUT2D eigenvalue weighted by Gasteiger charge is 2.32. The topological polar surface area (TPSA) is 67.4 Å². The van der Waals surface area contributed by atoms with E-state index in [1.54, 1.807) is 18.2 Å². The van der Waals surface area contributed by atoms with E-state index in [1.165, 1.54) is 0 Å². The number of hydrogen-bond donors (Lipinski definition) is 2. The maximum absolute atomic E-state index is 12.2. The molecule has 1 saturated carbocycles. The van der Waals surface area contributed by atoms with E-state index in [9.17, 15) is 9.59 Å². The number of nitrogens with one attached hydrogen (secondary N) is 2. The Kier molecular flexibility index (Phi) is 3.81. The lowest BCUT2D eigenvalue weighted by Gasteiger charge is -2.18. The Morgan fingerprint density at radius 3 is 2.77 bits per heavy atom. The normalized spacial score (nSPS) is 20.5. The number of fused-ring (bicyclic) bond motifs is 1. The highest BCUT2D eigenvalue weighted by atomic mass is 16.5. The SMILES string of the molecule is CC1(C)COc2cc(NC(=O)C3CCCC3)ccc2NC1=O. The first-order valence-electron chi connectivity index (χ1n) is 7.85. The third-order valence-corrected chi connectivity index (χ3v) is 4.43. The van der Waals surface area contributed by atoms with Crippen LogP contribution in [0.25, 0.3) is 0 Å². The van der Waals surface area contributed by atoms with Crippen LogP contribution in [0.15, 0.2) is 18.2 Å². The van der Waals surface area contributed by atoms with Crippen LogP contribution in [0.5, 0.6) is 5.75 Å². The molecule has 2 amide bonds. The van der Waals surface area contributed by atoms with Gasteiger partial charge in [0, 0.05) is 17.7 Å². The molecule has 1 aliphatic heterocycles. The van der Waals surface area contributed by atoms with Gasteiger partial charge in [-0.1, -0.05) is 12.8 Å². The van der Waals surface area contributed by atoms with Crippen molar-refractivity contribution in [2.24, 2.45) is 11.3 Å². The molecule has 1 heterocycles. The van der Waals surface area contributed by atoms with Crippen molar-refractivity contribution in [2.75, 3.05) is 17.2 Å². The Bertz CT molecular complexity index is 604. The summed E-state index contributed by atoms with van der Waals surface area (Å²) in [6, 6.07) is 5.36. The summed E-state index contributed by atoms with van der Waals surface area (Å²) in [5, 5.41) is 5.83. The van der Waals surface area contributed by atoms with Gasteiger partial charge >= 0.3 is 0 Å². The summed E-state index contributed by atoms with van der Waals surface area (Å²) >= 11 is 0. The van der Waals surface area contributed by atoms with Crippen molar-refractivity contribution in [3.05, 3.63) is 18.2 Å². The lowest BCUT2D eigenvalue weighted by atomic mass is 9.94. The average Bonchev–Trinajstić information content (AvgIpc) is 2.98. The van der Waals surface area contributed by atoms with Crippen molar-refractivity contribution in [1.82, 2.24) is 0 Å². The molecule has 0 atom stereocenters. The van der Waals surface area contributed by atoms with E-state index < -0.39 is 5.41 Å². The third kappa shape index (κ3) is 2.93. The first-order valence-corrected chi connectivity index (χ1v) is 7.85. The van der Waals surface area contributed by atoms with Crippen LogP contribution in [-0.4, -0.2) is 18.4 Å². The maximum Gasteiger partial charge on any atom is 0.233 e. The molecule has 1 fully saturated rings. The number of hydrogen-bond acceptors (Lipinski definition) is 3. The van der Waals surface area contributed by atoms with E-state index in [0.717, 1.165) is 25.7 Å². The minimum Gasteiger partial charge on any atom is -0.490 e. The molecule has 2 N–H and O–H groups in total. The van der Waals surface area contributed by atoms with E-state index in [2.05, 4.69) is 10.6 Å². The molecule has 1 aliphatic carbocycles. The van der Waals surface area contributed by atoms with Crippen molar-refractivity contribution in [1.29, 1.82) is 0 Å². The Morgan fingerprint density at radius 2 is 2.05 bits per heavy atom. The van der Waals surface area contributed by atoms with E-state index in [0.29, 0.717) is 23.7 Å². The Labute approximate surface area is 130 Å². The van der Waals surface area contributed by atoms with Crippen LogP contribution in [0.4, 0.5) is 11.4 Å². The quantitative estimate of drug-likeness (QED) is 0.881. The summed E-state index contributed by atoms with van der Waals surface area (Å²) in [7, 11) is 0. The molecular formula is C17H22N2O3. The summed E-state index contributed by atoms with van der Waals surface area (Å²) in [6.07, 6.45) is 4.20. The molecule has 118 valence electrons. The number of amides is 2. The van der Waals surface area contributed by atoms with Gasteiger partial charge in [-0.25, -0.2) is 0 Å². The van der Waals surface area contributed by atoms with E-state index in [-0.39, 0.29) is 17.7 Å². The van der Waals surface area contributed by atoms with Gasteiger partial charge in [-0.05, 0) is 38.8 Å². The van der Waals surface area contributed by atoms with Crippen molar-refractivity contribution in [2.45, 2.75) is 39.5 Å². The number of carbonyl (C=O) groups excluding carboxylic acids is 2. The molecule has 0 bridgehead atoms. The van der Waals surface area contributed by atoms with Gasteiger partial charge in [0.15, 0.2) is 0 Å². The van der Waals surface area contributed by atoms with Crippen molar-refractivity contribution < 1.29 is 14.3 Å². The lowest BCUT2D eigenvalue weighted by molar-refractivity contribution is -0.125. The van der Waals surface area contributed by atoms with E-state index >= 15 is 0 Å². The first kappa shape index (κ1) is 14.9. The maximum atomic E-state index is 12.2. The van der Waals surface area contributed by atoms with Gasteiger partial charge in [0.1, 0.15) is 12.4 Å². The fourth-order valence-electron chi connectivity index (χ4n) is 2.87. The molecule has 0 unspecified atom stereocenters. The summed E-state index contributed by atoms with van der Waals surface area (Å²) in [5.41, 5.74) is 0.783. The van der Waals surface area contributed by atoms with E-state index in [4.69, 9.17) is 4.74 Å². The van der Waals surface area contributed by atoms with Crippen LogP contribution in [0.3, 0.4) is 0 Å². The minimum absolute atomic E-state index is 0.0611. The third-order valence-electron chi connectivity index (χ3n) is 4.43. The van der Waals surface area contributed by atoms with Gasteiger partial charge in [-0.3, -0.25) is 9.59 Å². The molecule has 0 saturated heterocycles. The zero-order valence-electron chi connectivity index (χ0n) is 13.1. The molecule has 1 aromatic carbocycles. The Balaban J connectivity index is 1.75. The average molecular weight is 302 g/mol. The largest absolute Gasteiger partial charge is 0.490 e. The van der Waals surface area contributed by atoms with Gasteiger partial charge in [-0.2, -0.15) is 0 Å². The van der Waals surface area contributed by atoms with Gasteiger partial charge < -0.3 is 15.4 Å². The molecule has 5 nitrogen and oxygen atoms in total. The van der Waals surface area contributed by atoms with Crippen molar-refractivity contribution >= 4 is 23.2 Å². The molecule has 0 aromatic heterocycles. The smallest absolute Gasteiger partial charge is 0.233 e. The highest BCUT2D eigenvalue weighted by molar-refractivity contribution is 5.98. The van der Waals surface area contributed by atoms with Gasteiger partial charge in [0.25, 0.3) is 0 Å². The van der Waals surface area contributed by atoms with E-state index in [1.807, 2.05) is 13.8 Å². The molecule has 5 heteroatoms. The number of anilines is 2. The zero-order valence-corrected chi connectivity index (χ0v) is 13.1. The molecule has 0 radical (unpaired) electrons. The molecule has 22 heavy (non-hydrogen) atoms. The minimum atomic E-state index is -0.577. The van der Waals surface area contributed by atoms with Gasteiger partial charge in [0.2, 0.25) is 11.8 Å². The number of benzene rings is 1. The predicted molar refractivity (Wildman–Crippen MR) is 84.9 cm³/mol. The first-order chi connectivity index (χ1) is 10.5. The van der Waals surface area contributed by atoms with Crippen LogP contribution in [0, 0.1) is 11.3 Å².